The van der Waals surface area contributed by atoms with E-state index in [1.54, 1.807) is 18.4 Å². The SMILES string of the molecule is COc1ccccc1CN(Cc1cccs1)C(=O)C1CCN(S(C)(=O)=O)CC1. The van der Waals surface area contributed by atoms with E-state index in [1.807, 2.05) is 46.7 Å². The molecule has 28 heavy (non-hydrogen) atoms. The number of thiophene rings is 1. The number of carbonyl (C=O) groups is 1. The van der Waals surface area contributed by atoms with Gasteiger partial charge < -0.3 is 9.64 Å². The molecule has 0 saturated carbocycles. The molecule has 2 heterocycles. The van der Waals surface area contributed by atoms with E-state index in [2.05, 4.69) is 0 Å². The van der Waals surface area contributed by atoms with Crippen molar-refractivity contribution in [2.24, 2.45) is 5.92 Å². The Morgan fingerprint density at radius 3 is 2.50 bits per heavy atom. The average molecular weight is 423 g/mol. The van der Waals surface area contributed by atoms with Crippen LogP contribution >= 0.6 is 11.3 Å². The Hall–Kier alpha value is -1.90. The zero-order valence-corrected chi connectivity index (χ0v) is 17.8. The third-order valence-electron chi connectivity index (χ3n) is 5.06. The molecule has 8 heteroatoms. The molecule has 3 rings (SSSR count). The van der Waals surface area contributed by atoms with Gasteiger partial charge in [-0.1, -0.05) is 24.3 Å². The van der Waals surface area contributed by atoms with Gasteiger partial charge in [0.2, 0.25) is 15.9 Å². The van der Waals surface area contributed by atoms with Crippen LogP contribution in [0.4, 0.5) is 0 Å². The first-order valence-electron chi connectivity index (χ1n) is 9.26. The third kappa shape index (κ3) is 5.12. The smallest absolute Gasteiger partial charge is 0.226 e. The number of methoxy groups -OCH3 is 1. The number of hydrogen-bond acceptors (Lipinski definition) is 5. The molecule has 152 valence electrons. The quantitative estimate of drug-likeness (QED) is 0.688. The minimum Gasteiger partial charge on any atom is -0.496 e. The monoisotopic (exact) mass is 422 g/mol. The van der Waals surface area contributed by atoms with Gasteiger partial charge in [0.05, 0.1) is 19.9 Å². The molecule has 0 radical (unpaired) electrons. The second kappa shape index (κ2) is 9.07. The van der Waals surface area contributed by atoms with Crippen molar-refractivity contribution in [2.75, 3.05) is 26.5 Å². The van der Waals surface area contributed by atoms with Gasteiger partial charge in [-0.2, -0.15) is 0 Å². The average Bonchev–Trinajstić information content (AvgIpc) is 3.20. The molecular formula is C20H26N2O4S2. The van der Waals surface area contributed by atoms with Gasteiger partial charge in [-0.25, -0.2) is 12.7 Å². The molecule has 2 aromatic rings. The summed E-state index contributed by atoms with van der Waals surface area (Å²) in [4.78, 5) is 16.3. The summed E-state index contributed by atoms with van der Waals surface area (Å²) in [7, 11) is -1.57. The molecule has 1 aliphatic rings. The summed E-state index contributed by atoms with van der Waals surface area (Å²) in [5, 5.41) is 2.01. The second-order valence-electron chi connectivity index (χ2n) is 7.02. The fraction of sp³-hybridized carbons (Fsp3) is 0.450. The van der Waals surface area contributed by atoms with Crippen molar-refractivity contribution < 1.29 is 17.9 Å². The fourth-order valence-electron chi connectivity index (χ4n) is 3.53. The lowest BCUT2D eigenvalue weighted by molar-refractivity contribution is -0.138. The number of amides is 1. The van der Waals surface area contributed by atoms with E-state index in [0.29, 0.717) is 39.0 Å². The Bertz CT molecular complexity index is 889. The van der Waals surface area contributed by atoms with E-state index < -0.39 is 10.0 Å². The number of piperidine rings is 1. The van der Waals surface area contributed by atoms with Gasteiger partial charge in [-0.05, 0) is 30.4 Å². The molecule has 1 aliphatic heterocycles. The number of rotatable bonds is 7. The van der Waals surface area contributed by atoms with Crippen LogP contribution in [0.15, 0.2) is 41.8 Å². The molecule has 1 amide bonds. The van der Waals surface area contributed by atoms with Gasteiger partial charge in [0.15, 0.2) is 0 Å². The molecule has 1 saturated heterocycles. The van der Waals surface area contributed by atoms with Gasteiger partial charge in [0, 0.05) is 36.0 Å². The highest BCUT2D eigenvalue weighted by Crippen LogP contribution is 2.26. The Balaban J connectivity index is 1.76. The van der Waals surface area contributed by atoms with Crippen molar-refractivity contribution >= 4 is 27.3 Å². The minimum atomic E-state index is -3.20. The summed E-state index contributed by atoms with van der Waals surface area (Å²) in [6.45, 7) is 1.81. The van der Waals surface area contributed by atoms with Crippen molar-refractivity contribution in [3.63, 3.8) is 0 Å². The summed E-state index contributed by atoms with van der Waals surface area (Å²) in [6.07, 6.45) is 2.33. The van der Waals surface area contributed by atoms with Crippen LogP contribution < -0.4 is 4.74 Å². The van der Waals surface area contributed by atoms with Crippen LogP contribution in [0.3, 0.4) is 0 Å². The maximum Gasteiger partial charge on any atom is 0.226 e. The van der Waals surface area contributed by atoms with E-state index in [4.69, 9.17) is 4.74 Å². The molecule has 1 aromatic heterocycles. The van der Waals surface area contributed by atoms with Crippen LogP contribution in [-0.2, 0) is 27.9 Å². The Kier molecular flexibility index (Phi) is 6.74. The number of sulfonamides is 1. The van der Waals surface area contributed by atoms with E-state index in [-0.39, 0.29) is 11.8 Å². The lowest BCUT2D eigenvalue weighted by atomic mass is 9.96. The first kappa shape index (κ1) is 20.8. The zero-order valence-electron chi connectivity index (χ0n) is 16.2. The standard InChI is InChI=1S/C20H26N2O4S2/c1-26-19-8-4-3-6-17(19)14-21(15-18-7-5-13-27-18)20(23)16-9-11-22(12-10-16)28(2,24)25/h3-8,13,16H,9-12,14-15H2,1-2H3. The highest BCUT2D eigenvalue weighted by atomic mass is 32.2. The maximum atomic E-state index is 13.3. The Labute approximate surface area is 170 Å². The summed E-state index contributed by atoms with van der Waals surface area (Å²) >= 11 is 1.63. The number of hydrogen-bond donors (Lipinski definition) is 0. The normalized spacial score (nSPS) is 16.1. The van der Waals surface area contributed by atoms with Gasteiger partial charge in [0.1, 0.15) is 5.75 Å². The number of carbonyl (C=O) groups excluding carboxylic acids is 1. The predicted molar refractivity (Wildman–Crippen MR) is 111 cm³/mol. The maximum absolute atomic E-state index is 13.3. The van der Waals surface area contributed by atoms with Crippen LogP contribution in [0.5, 0.6) is 5.75 Å². The van der Waals surface area contributed by atoms with Gasteiger partial charge >= 0.3 is 0 Å². The molecule has 6 nitrogen and oxygen atoms in total. The van der Waals surface area contributed by atoms with Crippen LogP contribution in [0, 0.1) is 5.92 Å². The van der Waals surface area contributed by atoms with Crippen LogP contribution in [-0.4, -0.2) is 50.0 Å². The summed E-state index contributed by atoms with van der Waals surface area (Å²) in [6, 6.07) is 11.7. The summed E-state index contributed by atoms with van der Waals surface area (Å²) < 4.78 is 30.4. The molecule has 0 N–H and O–H groups in total. The highest BCUT2D eigenvalue weighted by Gasteiger charge is 2.32. The number of ether oxygens (including phenoxy) is 1. The van der Waals surface area contributed by atoms with Crippen LogP contribution in [0.2, 0.25) is 0 Å². The van der Waals surface area contributed by atoms with Crippen molar-refractivity contribution in [1.82, 2.24) is 9.21 Å². The second-order valence-corrected chi connectivity index (χ2v) is 10.0. The summed E-state index contributed by atoms with van der Waals surface area (Å²) in [5.74, 6) is 0.679. The molecule has 1 aromatic carbocycles. The molecule has 1 fully saturated rings. The van der Waals surface area contributed by atoms with Crippen molar-refractivity contribution in [3.05, 3.63) is 52.2 Å². The minimum absolute atomic E-state index is 0.0763. The lowest BCUT2D eigenvalue weighted by Crippen LogP contribution is -2.43. The number of nitrogens with zero attached hydrogens (tertiary/aromatic N) is 2. The zero-order chi connectivity index (χ0) is 20.1. The summed E-state index contributed by atoms with van der Waals surface area (Å²) in [5.41, 5.74) is 0.962. The van der Waals surface area contributed by atoms with E-state index in [9.17, 15) is 13.2 Å². The topological polar surface area (TPSA) is 66.9 Å². The molecule has 0 atom stereocenters. The molecule has 0 spiro atoms. The van der Waals surface area contributed by atoms with E-state index >= 15 is 0 Å². The Morgan fingerprint density at radius 2 is 1.89 bits per heavy atom. The fourth-order valence-corrected chi connectivity index (χ4v) is 5.13. The first-order chi connectivity index (χ1) is 13.4. The van der Waals surface area contributed by atoms with Crippen LogP contribution in [0.25, 0.3) is 0 Å². The van der Waals surface area contributed by atoms with E-state index in [0.717, 1.165) is 16.2 Å². The molecule has 0 bridgehead atoms. The number of benzene rings is 1. The Morgan fingerprint density at radius 1 is 1.18 bits per heavy atom. The predicted octanol–water partition coefficient (Wildman–Crippen LogP) is 2.96. The molecular weight excluding hydrogens is 396 g/mol. The largest absolute Gasteiger partial charge is 0.496 e. The van der Waals surface area contributed by atoms with Crippen molar-refractivity contribution in [1.29, 1.82) is 0 Å². The molecule has 0 aliphatic carbocycles. The van der Waals surface area contributed by atoms with Gasteiger partial charge in [-0.3, -0.25) is 4.79 Å². The van der Waals surface area contributed by atoms with E-state index in [1.165, 1.54) is 10.6 Å². The highest BCUT2D eigenvalue weighted by molar-refractivity contribution is 7.88. The van der Waals surface area contributed by atoms with Crippen molar-refractivity contribution in [2.45, 2.75) is 25.9 Å². The van der Waals surface area contributed by atoms with Gasteiger partial charge in [-0.15, -0.1) is 11.3 Å². The molecule has 0 unspecified atom stereocenters. The third-order valence-corrected chi connectivity index (χ3v) is 7.23. The van der Waals surface area contributed by atoms with Gasteiger partial charge in [0.25, 0.3) is 0 Å². The lowest BCUT2D eigenvalue weighted by Gasteiger charge is -2.33. The van der Waals surface area contributed by atoms with Crippen molar-refractivity contribution in [3.8, 4) is 5.75 Å². The van der Waals surface area contributed by atoms with Crippen LogP contribution in [0.1, 0.15) is 23.3 Å². The number of para-hydroxylation sites is 1. The first-order valence-corrected chi connectivity index (χ1v) is 12.0.